The Morgan fingerprint density at radius 1 is 1.07 bits per heavy atom. The minimum Gasteiger partial charge on any atom is -0.478 e. The summed E-state index contributed by atoms with van der Waals surface area (Å²) in [5.74, 6) is -3.15. The first-order chi connectivity index (χ1) is 6.95. The van der Waals surface area contributed by atoms with Crippen LogP contribution in [0.3, 0.4) is 0 Å². The van der Waals surface area contributed by atoms with Gasteiger partial charge in [-0.25, -0.2) is 18.4 Å². The molecule has 4 nitrogen and oxygen atoms in total. The third kappa shape index (κ3) is 2.09. The third-order valence-electron chi connectivity index (χ3n) is 1.79. The molecular weight excluding hydrogens is 210 g/mol. The fourth-order valence-electron chi connectivity index (χ4n) is 1.17. The molecule has 0 saturated heterocycles. The molecule has 0 fully saturated rings. The van der Waals surface area contributed by atoms with Gasteiger partial charge in [0, 0.05) is 5.56 Å². The van der Waals surface area contributed by atoms with Crippen molar-refractivity contribution in [2.75, 3.05) is 0 Å². The minimum absolute atomic E-state index is 0.690. The van der Waals surface area contributed by atoms with Crippen molar-refractivity contribution in [2.24, 2.45) is 0 Å². The van der Waals surface area contributed by atoms with Crippen molar-refractivity contribution in [2.45, 2.75) is 6.43 Å². The first-order valence-electron chi connectivity index (χ1n) is 3.82. The molecule has 1 aromatic rings. The smallest absolute Gasteiger partial charge is 0.336 e. The molecule has 80 valence electrons. The van der Waals surface area contributed by atoms with Gasteiger partial charge in [0.2, 0.25) is 0 Å². The first kappa shape index (κ1) is 11.1. The lowest BCUT2D eigenvalue weighted by Crippen LogP contribution is -2.10. The molecule has 0 saturated carbocycles. The average Bonchev–Trinajstić information content (AvgIpc) is 2.16. The van der Waals surface area contributed by atoms with E-state index in [4.69, 9.17) is 10.2 Å². The van der Waals surface area contributed by atoms with Gasteiger partial charge in [0.1, 0.15) is 0 Å². The Labute approximate surface area is 82.8 Å². The Kier molecular flexibility index (Phi) is 2.99. The van der Waals surface area contributed by atoms with E-state index in [1.54, 1.807) is 0 Å². The zero-order chi connectivity index (χ0) is 11.6. The summed E-state index contributed by atoms with van der Waals surface area (Å²) in [6.45, 7) is 0. The molecule has 0 radical (unpaired) electrons. The normalized spacial score (nSPS) is 10.3. The van der Waals surface area contributed by atoms with Crippen molar-refractivity contribution >= 4 is 11.9 Å². The van der Waals surface area contributed by atoms with Gasteiger partial charge in [0.15, 0.2) is 0 Å². The number of carboxylic acid groups (broad SMARTS) is 2. The molecule has 0 aliphatic rings. The molecule has 0 amide bonds. The van der Waals surface area contributed by atoms with E-state index in [-0.39, 0.29) is 0 Å². The average molecular weight is 216 g/mol. The number of aromatic carboxylic acids is 2. The van der Waals surface area contributed by atoms with Crippen molar-refractivity contribution in [1.29, 1.82) is 0 Å². The molecule has 0 aliphatic heterocycles. The monoisotopic (exact) mass is 216 g/mol. The van der Waals surface area contributed by atoms with Gasteiger partial charge in [0.25, 0.3) is 6.43 Å². The second-order valence-electron chi connectivity index (χ2n) is 2.68. The van der Waals surface area contributed by atoms with Gasteiger partial charge in [-0.3, -0.25) is 0 Å². The van der Waals surface area contributed by atoms with E-state index in [1.165, 1.54) is 0 Å². The van der Waals surface area contributed by atoms with Crippen LogP contribution in [0.25, 0.3) is 0 Å². The van der Waals surface area contributed by atoms with Gasteiger partial charge in [-0.2, -0.15) is 0 Å². The zero-order valence-corrected chi connectivity index (χ0v) is 7.28. The molecule has 15 heavy (non-hydrogen) atoms. The van der Waals surface area contributed by atoms with Crippen molar-refractivity contribution in [3.63, 3.8) is 0 Å². The molecule has 2 N–H and O–H groups in total. The minimum atomic E-state index is -3.14. The standard InChI is InChI=1S/C9H6F2O4/c10-7(11)6-4(8(12)13)2-1-3-5(6)9(14)15/h1-3,7H,(H,12,13)(H,14,15). The van der Waals surface area contributed by atoms with Crippen LogP contribution >= 0.6 is 0 Å². The van der Waals surface area contributed by atoms with Gasteiger partial charge < -0.3 is 10.2 Å². The summed E-state index contributed by atoms with van der Waals surface area (Å²) >= 11 is 0. The predicted octanol–water partition coefficient (Wildman–Crippen LogP) is 2.02. The number of benzene rings is 1. The number of halogens is 2. The molecule has 6 heteroatoms. The Morgan fingerprint density at radius 3 is 1.73 bits per heavy atom. The number of carboxylic acids is 2. The Balaban J connectivity index is 3.48. The maximum absolute atomic E-state index is 12.5. The van der Waals surface area contributed by atoms with Gasteiger partial charge >= 0.3 is 11.9 Å². The van der Waals surface area contributed by atoms with Crippen molar-refractivity contribution in [1.82, 2.24) is 0 Å². The molecule has 0 spiro atoms. The third-order valence-corrected chi connectivity index (χ3v) is 1.79. The van der Waals surface area contributed by atoms with Crippen LogP contribution in [0, 0.1) is 0 Å². The quantitative estimate of drug-likeness (QED) is 0.810. The van der Waals surface area contributed by atoms with Gasteiger partial charge in [0.05, 0.1) is 11.1 Å². The maximum Gasteiger partial charge on any atom is 0.336 e. The molecule has 1 aromatic carbocycles. The summed E-state index contributed by atoms with van der Waals surface area (Å²) in [4.78, 5) is 21.1. The Hall–Kier alpha value is -1.98. The highest BCUT2D eigenvalue weighted by molar-refractivity contribution is 5.96. The van der Waals surface area contributed by atoms with Gasteiger partial charge in [-0.15, -0.1) is 0 Å². The molecule has 0 bridgehead atoms. The van der Waals surface area contributed by atoms with Gasteiger partial charge in [-0.1, -0.05) is 6.07 Å². The van der Waals surface area contributed by atoms with Crippen LogP contribution in [0.4, 0.5) is 8.78 Å². The van der Waals surface area contributed by atoms with E-state index in [1.807, 2.05) is 0 Å². The van der Waals surface area contributed by atoms with Crippen LogP contribution in [-0.2, 0) is 0 Å². The number of alkyl halides is 2. The highest BCUT2D eigenvalue weighted by Gasteiger charge is 2.24. The molecular formula is C9H6F2O4. The molecule has 0 unspecified atom stereocenters. The predicted molar refractivity (Wildman–Crippen MR) is 45.3 cm³/mol. The fourth-order valence-corrected chi connectivity index (χ4v) is 1.17. The lowest BCUT2D eigenvalue weighted by atomic mass is 10.0. The summed E-state index contributed by atoms with van der Waals surface area (Å²) in [5, 5.41) is 17.2. The largest absolute Gasteiger partial charge is 0.478 e. The molecule has 0 heterocycles. The maximum atomic E-state index is 12.5. The number of rotatable bonds is 3. The Bertz CT molecular complexity index is 382. The molecule has 0 aromatic heterocycles. The summed E-state index contributed by atoms with van der Waals surface area (Å²) in [7, 11) is 0. The summed E-state index contributed by atoms with van der Waals surface area (Å²) in [6, 6.07) is 2.99. The second kappa shape index (κ2) is 4.04. The SMILES string of the molecule is O=C(O)c1cccc(C(=O)O)c1C(F)F. The number of hydrogen-bond donors (Lipinski definition) is 2. The van der Waals surface area contributed by atoms with E-state index in [2.05, 4.69) is 0 Å². The summed E-state index contributed by atoms with van der Waals surface area (Å²) in [5.41, 5.74) is -2.34. The number of hydrogen-bond acceptors (Lipinski definition) is 2. The lowest BCUT2D eigenvalue weighted by Gasteiger charge is -2.07. The lowest BCUT2D eigenvalue weighted by molar-refractivity contribution is 0.0673. The van der Waals surface area contributed by atoms with Crippen molar-refractivity contribution < 1.29 is 28.6 Å². The van der Waals surface area contributed by atoms with E-state index in [0.717, 1.165) is 18.2 Å². The second-order valence-corrected chi connectivity index (χ2v) is 2.68. The van der Waals surface area contributed by atoms with E-state index in [9.17, 15) is 18.4 Å². The fraction of sp³-hybridized carbons (Fsp3) is 0.111. The van der Waals surface area contributed by atoms with E-state index in [0.29, 0.717) is 0 Å². The number of carbonyl (C=O) groups is 2. The van der Waals surface area contributed by atoms with Crippen LogP contribution in [-0.4, -0.2) is 22.2 Å². The van der Waals surface area contributed by atoms with Crippen LogP contribution in [0.1, 0.15) is 32.7 Å². The Morgan fingerprint density at radius 2 is 1.47 bits per heavy atom. The van der Waals surface area contributed by atoms with Gasteiger partial charge in [-0.05, 0) is 12.1 Å². The molecule has 0 aliphatic carbocycles. The van der Waals surface area contributed by atoms with Crippen LogP contribution in [0.2, 0.25) is 0 Å². The highest BCUT2D eigenvalue weighted by Crippen LogP contribution is 2.26. The highest BCUT2D eigenvalue weighted by atomic mass is 19.3. The van der Waals surface area contributed by atoms with E-state index < -0.39 is 35.1 Å². The van der Waals surface area contributed by atoms with Crippen LogP contribution < -0.4 is 0 Å². The first-order valence-corrected chi connectivity index (χ1v) is 3.82. The molecule has 0 atom stereocenters. The topological polar surface area (TPSA) is 74.6 Å². The van der Waals surface area contributed by atoms with Crippen LogP contribution in [0.5, 0.6) is 0 Å². The van der Waals surface area contributed by atoms with Crippen LogP contribution in [0.15, 0.2) is 18.2 Å². The summed E-state index contributed by atoms with van der Waals surface area (Å²) in [6.07, 6.45) is -3.14. The van der Waals surface area contributed by atoms with Crippen molar-refractivity contribution in [3.05, 3.63) is 34.9 Å². The summed E-state index contributed by atoms with van der Waals surface area (Å²) < 4.78 is 25.0. The zero-order valence-electron chi connectivity index (χ0n) is 7.28. The van der Waals surface area contributed by atoms with E-state index >= 15 is 0 Å². The molecule has 1 rings (SSSR count). The van der Waals surface area contributed by atoms with Crippen molar-refractivity contribution in [3.8, 4) is 0 Å².